The van der Waals surface area contributed by atoms with Crippen molar-refractivity contribution in [3.63, 3.8) is 0 Å². The number of methoxy groups -OCH3 is 1. The van der Waals surface area contributed by atoms with Gasteiger partial charge in [-0.05, 0) is 37.8 Å². The Morgan fingerprint density at radius 2 is 1.83 bits per heavy atom. The highest BCUT2D eigenvalue weighted by atomic mass is 16.5. The number of benzene rings is 2. The Bertz CT molecular complexity index is 1040. The van der Waals surface area contributed by atoms with Gasteiger partial charge in [-0.1, -0.05) is 48.0 Å². The molecule has 0 spiro atoms. The van der Waals surface area contributed by atoms with E-state index in [1.54, 1.807) is 13.4 Å². The number of hydrogen-bond acceptors (Lipinski definition) is 4. The molecule has 1 aliphatic carbocycles. The molecule has 1 fully saturated rings. The highest BCUT2D eigenvalue weighted by Crippen LogP contribution is 2.46. The number of hydrogen-bond donors (Lipinski definition) is 0. The molecule has 0 N–H and O–H groups in total. The molecule has 0 bridgehead atoms. The average Bonchev–Trinajstić information content (AvgIpc) is 3.49. The lowest BCUT2D eigenvalue weighted by Gasteiger charge is -2.39. The molecule has 148 valence electrons. The summed E-state index contributed by atoms with van der Waals surface area (Å²) in [4.78, 5) is 19.6. The molecule has 3 aromatic rings. The topological polar surface area (TPSA) is 60.2 Å². The molecule has 1 aliphatic heterocycles. The number of anilines is 1. The number of para-hydroxylation sites is 1. The van der Waals surface area contributed by atoms with Crippen LogP contribution in [0.1, 0.15) is 48.0 Å². The van der Waals surface area contributed by atoms with E-state index in [4.69, 9.17) is 4.74 Å². The first-order chi connectivity index (χ1) is 14.2. The SMILES string of the molecule is COc1ccccc1C1CC(c2ccc(C)cc2)N(C(=O)C2CC2)c2ncnn21. The fourth-order valence-corrected chi connectivity index (χ4v) is 4.25. The number of rotatable bonds is 4. The summed E-state index contributed by atoms with van der Waals surface area (Å²) in [5.41, 5.74) is 3.38. The molecule has 1 aromatic heterocycles. The van der Waals surface area contributed by atoms with E-state index in [0.29, 0.717) is 5.95 Å². The summed E-state index contributed by atoms with van der Waals surface area (Å²) in [6.45, 7) is 2.08. The van der Waals surface area contributed by atoms with Crippen molar-refractivity contribution in [3.8, 4) is 5.75 Å². The van der Waals surface area contributed by atoms with E-state index < -0.39 is 0 Å². The summed E-state index contributed by atoms with van der Waals surface area (Å²) < 4.78 is 7.51. The maximum Gasteiger partial charge on any atom is 0.233 e. The zero-order valence-electron chi connectivity index (χ0n) is 16.7. The van der Waals surface area contributed by atoms with Crippen LogP contribution in [-0.4, -0.2) is 27.8 Å². The van der Waals surface area contributed by atoms with Crippen molar-refractivity contribution in [2.75, 3.05) is 12.0 Å². The lowest BCUT2D eigenvalue weighted by molar-refractivity contribution is -0.120. The Morgan fingerprint density at radius 3 is 2.55 bits per heavy atom. The highest BCUT2D eigenvalue weighted by Gasteiger charge is 2.44. The Hall–Kier alpha value is -3.15. The Kier molecular flexibility index (Phi) is 4.34. The van der Waals surface area contributed by atoms with Crippen LogP contribution in [-0.2, 0) is 4.79 Å². The van der Waals surface area contributed by atoms with Crippen molar-refractivity contribution < 1.29 is 9.53 Å². The number of fused-ring (bicyclic) bond motifs is 1. The standard InChI is InChI=1S/C23H24N4O2/c1-15-7-9-16(10-8-15)19-13-20(18-5-3-4-6-21(18)29-2)27-23(24-14-25-27)26(19)22(28)17-11-12-17/h3-10,14,17,19-20H,11-13H2,1-2H3. The minimum Gasteiger partial charge on any atom is -0.496 e. The van der Waals surface area contributed by atoms with E-state index in [0.717, 1.165) is 36.1 Å². The van der Waals surface area contributed by atoms with Crippen molar-refractivity contribution in [2.24, 2.45) is 5.92 Å². The quantitative estimate of drug-likeness (QED) is 0.676. The molecule has 0 saturated heterocycles. The van der Waals surface area contributed by atoms with E-state index in [1.165, 1.54) is 5.56 Å². The zero-order valence-corrected chi connectivity index (χ0v) is 16.7. The number of aromatic nitrogens is 3. The van der Waals surface area contributed by atoms with Gasteiger partial charge in [0.25, 0.3) is 0 Å². The van der Waals surface area contributed by atoms with E-state index in [1.807, 2.05) is 27.8 Å². The molecular weight excluding hydrogens is 364 g/mol. The molecule has 2 aromatic carbocycles. The number of aryl methyl sites for hydroxylation is 1. The van der Waals surface area contributed by atoms with Crippen LogP contribution < -0.4 is 9.64 Å². The van der Waals surface area contributed by atoms with Gasteiger partial charge in [-0.25, -0.2) is 4.68 Å². The molecule has 1 saturated carbocycles. The second kappa shape index (κ2) is 7.03. The third kappa shape index (κ3) is 3.09. The lowest BCUT2D eigenvalue weighted by Crippen LogP contribution is -2.43. The Balaban J connectivity index is 1.64. The largest absolute Gasteiger partial charge is 0.496 e. The van der Waals surface area contributed by atoms with Crippen molar-refractivity contribution >= 4 is 11.9 Å². The molecule has 2 heterocycles. The highest BCUT2D eigenvalue weighted by molar-refractivity contribution is 5.96. The van der Waals surface area contributed by atoms with Crippen molar-refractivity contribution in [1.82, 2.24) is 14.8 Å². The molecule has 1 amide bonds. The van der Waals surface area contributed by atoms with Crippen LogP contribution in [0.15, 0.2) is 54.9 Å². The van der Waals surface area contributed by atoms with E-state index in [-0.39, 0.29) is 23.9 Å². The molecule has 29 heavy (non-hydrogen) atoms. The predicted octanol–water partition coefficient (Wildman–Crippen LogP) is 4.07. The van der Waals surface area contributed by atoms with E-state index >= 15 is 0 Å². The third-order valence-corrected chi connectivity index (χ3v) is 5.95. The second-order valence-electron chi connectivity index (χ2n) is 7.91. The normalized spacial score (nSPS) is 21.0. The van der Waals surface area contributed by atoms with Crippen molar-refractivity contribution in [2.45, 2.75) is 38.3 Å². The summed E-state index contributed by atoms with van der Waals surface area (Å²) in [6.07, 6.45) is 4.18. The Labute approximate surface area is 170 Å². The molecular formula is C23H24N4O2. The fraction of sp³-hybridized carbons (Fsp3) is 0.348. The van der Waals surface area contributed by atoms with Gasteiger partial charge in [0.1, 0.15) is 12.1 Å². The van der Waals surface area contributed by atoms with E-state index in [9.17, 15) is 4.79 Å². The molecule has 6 heteroatoms. The first-order valence-electron chi connectivity index (χ1n) is 10.1. The zero-order chi connectivity index (χ0) is 20.0. The van der Waals surface area contributed by atoms with Crippen LogP contribution in [0, 0.1) is 12.8 Å². The maximum absolute atomic E-state index is 13.3. The number of nitrogens with zero attached hydrogens (tertiary/aromatic N) is 4. The molecule has 2 atom stereocenters. The monoisotopic (exact) mass is 388 g/mol. The van der Waals surface area contributed by atoms with Crippen LogP contribution in [0.3, 0.4) is 0 Å². The van der Waals surface area contributed by atoms with Crippen LogP contribution in [0.5, 0.6) is 5.75 Å². The van der Waals surface area contributed by atoms with Gasteiger partial charge >= 0.3 is 0 Å². The minimum absolute atomic E-state index is 0.0572. The van der Waals surface area contributed by atoms with Crippen molar-refractivity contribution in [3.05, 3.63) is 71.5 Å². The minimum atomic E-state index is -0.0877. The third-order valence-electron chi connectivity index (χ3n) is 5.95. The van der Waals surface area contributed by atoms with Crippen LogP contribution >= 0.6 is 0 Å². The number of amides is 1. The van der Waals surface area contributed by atoms with Gasteiger partial charge in [-0.2, -0.15) is 10.1 Å². The maximum atomic E-state index is 13.3. The first-order valence-corrected chi connectivity index (χ1v) is 10.1. The summed E-state index contributed by atoms with van der Waals surface area (Å²) >= 11 is 0. The van der Waals surface area contributed by atoms with Gasteiger partial charge in [-0.15, -0.1) is 0 Å². The van der Waals surface area contributed by atoms with Gasteiger partial charge in [-0.3, -0.25) is 9.69 Å². The van der Waals surface area contributed by atoms with Gasteiger partial charge in [0.05, 0.1) is 19.2 Å². The summed E-state index contributed by atoms with van der Waals surface area (Å²) in [5, 5.41) is 4.50. The number of carbonyl (C=O) groups excluding carboxylic acids is 1. The second-order valence-corrected chi connectivity index (χ2v) is 7.91. The first kappa shape index (κ1) is 17.9. The van der Waals surface area contributed by atoms with Gasteiger partial charge < -0.3 is 4.74 Å². The van der Waals surface area contributed by atoms with Crippen molar-refractivity contribution in [1.29, 1.82) is 0 Å². The molecule has 0 radical (unpaired) electrons. The fourth-order valence-electron chi connectivity index (χ4n) is 4.25. The Morgan fingerprint density at radius 1 is 1.07 bits per heavy atom. The van der Waals surface area contributed by atoms with Crippen LogP contribution in [0.4, 0.5) is 5.95 Å². The number of carbonyl (C=O) groups is 1. The van der Waals surface area contributed by atoms with Gasteiger partial charge in [0.15, 0.2) is 0 Å². The van der Waals surface area contributed by atoms with Crippen LogP contribution in [0.25, 0.3) is 0 Å². The average molecular weight is 388 g/mol. The van der Waals surface area contributed by atoms with Gasteiger partial charge in [0, 0.05) is 11.5 Å². The summed E-state index contributed by atoms with van der Waals surface area (Å²) in [7, 11) is 1.68. The summed E-state index contributed by atoms with van der Waals surface area (Å²) in [6, 6.07) is 16.3. The summed E-state index contributed by atoms with van der Waals surface area (Å²) in [5.74, 6) is 1.71. The van der Waals surface area contributed by atoms with Crippen LogP contribution in [0.2, 0.25) is 0 Å². The van der Waals surface area contributed by atoms with E-state index in [2.05, 4.69) is 47.3 Å². The smallest absolute Gasteiger partial charge is 0.233 e. The molecule has 5 rings (SSSR count). The number of ether oxygens (including phenoxy) is 1. The molecule has 6 nitrogen and oxygen atoms in total. The predicted molar refractivity (Wildman–Crippen MR) is 110 cm³/mol. The molecule has 2 aliphatic rings. The molecule has 2 unspecified atom stereocenters. The lowest BCUT2D eigenvalue weighted by atomic mass is 9.91. The van der Waals surface area contributed by atoms with Gasteiger partial charge in [0.2, 0.25) is 11.9 Å².